The summed E-state index contributed by atoms with van der Waals surface area (Å²) in [5.74, 6) is 1.72. The summed E-state index contributed by atoms with van der Waals surface area (Å²) in [6.07, 6.45) is 2.42. The third kappa shape index (κ3) is 5.37. The minimum atomic E-state index is -0.370. The molecule has 2 aromatic rings. The van der Waals surface area contributed by atoms with Crippen LogP contribution in [0, 0.1) is 0 Å². The Bertz CT molecular complexity index is 788. The highest BCUT2D eigenvalue weighted by Crippen LogP contribution is 2.38. The van der Waals surface area contributed by atoms with Crippen LogP contribution in [0.4, 0.5) is 0 Å². The lowest BCUT2D eigenvalue weighted by molar-refractivity contribution is -0.123. The Morgan fingerprint density at radius 1 is 1.00 bits per heavy atom. The van der Waals surface area contributed by atoms with E-state index in [1.807, 2.05) is 24.3 Å². The maximum absolute atomic E-state index is 11.9. The van der Waals surface area contributed by atoms with Crippen molar-refractivity contribution >= 4 is 12.1 Å². The number of nitrogens with one attached hydrogen (secondary N) is 1. The standard InChI is InChI=1S/C20H24N2O5/c1-5-14-6-9-16(10-7-14)27-13-18(23)22-21-12-15-8-11-17(24-2)20(26-4)19(15)25-3/h6-12H,5,13H2,1-4H3,(H,22,23). The van der Waals surface area contributed by atoms with E-state index < -0.39 is 0 Å². The number of hydrogen-bond acceptors (Lipinski definition) is 6. The molecular weight excluding hydrogens is 348 g/mol. The summed E-state index contributed by atoms with van der Waals surface area (Å²) >= 11 is 0. The van der Waals surface area contributed by atoms with E-state index in [4.69, 9.17) is 18.9 Å². The van der Waals surface area contributed by atoms with Gasteiger partial charge >= 0.3 is 0 Å². The Morgan fingerprint density at radius 2 is 1.70 bits per heavy atom. The Kier molecular flexibility index (Phi) is 7.49. The number of carbonyl (C=O) groups is 1. The first-order chi connectivity index (χ1) is 13.1. The van der Waals surface area contributed by atoms with Crippen LogP contribution in [0.25, 0.3) is 0 Å². The van der Waals surface area contributed by atoms with Crippen molar-refractivity contribution in [3.8, 4) is 23.0 Å². The van der Waals surface area contributed by atoms with E-state index in [-0.39, 0.29) is 12.5 Å². The fourth-order valence-corrected chi connectivity index (χ4v) is 2.40. The molecule has 2 aromatic carbocycles. The number of amides is 1. The summed E-state index contributed by atoms with van der Waals surface area (Å²) < 4.78 is 21.3. The Balaban J connectivity index is 1.95. The average molecular weight is 372 g/mol. The van der Waals surface area contributed by atoms with Crippen molar-refractivity contribution < 1.29 is 23.7 Å². The van der Waals surface area contributed by atoms with Crippen LogP contribution in [0.5, 0.6) is 23.0 Å². The molecule has 0 radical (unpaired) electrons. The lowest BCUT2D eigenvalue weighted by atomic mass is 10.2. The van der Waals surface area contributed by atoms with Gasteiger partial charge in [-0.25, -0.2) is 5.43 Å². The van der Waals surface area contributed by atoms with Crippen LogP contribution < -0.4 is 24.4 Å². The van der Waals surface area contributed by atoms with Gasteiger partial charge < -0.3 is 18.9 Å². The third-order valence-electron chi connectivity index (χ3n) is 3.83. The largest absolute Gasteiger partial charge is 0.493 e. The van der Waals surface area contributed by atoms with Gasteiger partial charge in [0.1, 0.15) is 5.75 Å². The van der Waals surface area contributed by atoms with Gasteiger partial charge in [-0.1, -0.05) is 19.1 Å². The van der Waals surface area contributed by atoms with Crippen molar-refractivity contribution in [2.24, 2.45) is 5.10 Å². The van der Waals surface area contributed by atoms with Gasteiger partial charge in [0.2, 0.25) is 5.75 Å². The molecule has 0 atom stereocenters. The maximum Gasteiger partial charge on any atom is 0.277 e. The van der Waals surface area contributed by atoms with E-state index in [0.29, 0.717) is 28.6 Å². The molecule has 2 rings (SSSR count). The minimum absolute atomic E-state index is 0.133. The Labute approximate surface area is 158 Å². The lowest BCUT2D eigenvalue weighted by Gasteiger charge is -2.13. The summed E-state index contributed by atoms with van der Waals surface area (Å²) in [4.78, 5) is 11.9. The number of carbonyl (C=O) groups excluding carboxylic acids is 1. The molecule has 1 N–H and O–H groups in total. The topological polar surface area (TPSA) is 78.4 Å². The molecule has 0 aliphatic carbocycles. The fourth-order valence-electron chi connectivity index (χ4n) is 2.40. The van der Waals surface area contributed by atoms with Gasteiger partial charge in [0.15, 0.2) is 18.1 Å². The molecule has 0 unspecified atom stereocenters. The van der Waals surface area contributed by atoms with Crippen molar-refractivity contribution in [1.82, 2.24) is 5.43 Å². The van der Waals surface area contributed by atoms with Crippen LogP contribution in [-0.4, -0.2) is 40.1 Å². The van der Waals surface area contributed by atoms with Gasteiger partial charge in [-0.3, -0.25) is 4.79 Å². The van der Waals surface area contributed by atoms with Crippen molar-refractivity contribution in [3.05, 3.63) is 47.5 Å². The molecule has 0 bridgehead atoms. The second-order valence-corrected chi connectivity index (χ2v) is 5.50. The van der Waals surface area contributed by atoms with Crippen LogP contribution in [0.3, 0.4) is 0 Å². The highest BCUT2D eigenvalue weighted by atomic mass is 16.5. The van der Waals surface area contributed by atoms with Crippen LogP contribution in [-0.2, 0) is 11.2 Å². The highest BCUT2D eigenvalue weighted by molar-refractivity contribution is 5.87. The number of ether oxygens (including phenoxy) is 4. The molecule has 1 amide bonds. The zero-order chi connectivity index (χ0) is 19.6. The number of methoxy groups -OCH3 is 3. The molecule has 144 valence electrons. The van der Waals surface area contributed by atoms with Crippen molar-refractivity contribution in [2.75, 3.05) is 27.9 Å². The number of hydrogen-bond donors (Lipinski definition) is 1. The second-order valence-electron chi connectivity index (χ2n) is 5.50. The van der Waals surface area contributed by atoms with E-state index in [1.165, 1.54) is 26.0 Å². The highest BCUT2D eigenvalue weighted by Gasteiger charge is 2.14. The first-order valence-corrected chi connectivity index (χ1v) is 8.45. The normalized spacial score (nSPS) is 10.5. The first kappa shape index (κ1) is 20.1. The molecule has 0 spiro atoms. The van der Waals surface area contributed by atoms with E-state index in [1.54, 1.807) is 19.2 Å². The molecule has 0 saturated heterocycles. The summed E-state index contributed by atoms with van der Waals surface area (Å²) in [6, 6.07) is 11.1. The summed E-state index contributed by atoms with van der Waals surface area (Å²) in [5, 5.41) is 3.94. The van der Waals surface area contributed by atoms with Gasteiger partial charge in [-0.15, -0.1) is 0 Å². The summed E-state index contributed by atoms with van der Waals surface area (Å²) in [6.45, 7) is 1.95. The van der Waals surface area contributed by atoms with Crippen LogP contribution >= 0.6 is 0 Å². The monoisotopic (exact) mass is 372 g/mol. The molecule has 0 aliphatic rings. The third-order valence-corrected chi connectivity index (χ3v) is 3.83. The molecule has 0 aliphatic heterocycles. The predicted octanol–water partition coefficient (Wildman–Crippen LogP) is 2.80. The van der Waals surface area contributed by atoms with E-state index in [0.717, 1.165) is 6.42 Å². The summed E-state index contributed by atoms with van der Waals surface area (Å²) in [5.41, 5.74) is 4.26. The van der Waals surface area contributed by atoms with Crippen molar-refractivity contribution in [3.63, 3.8) is 0 Å². The quantitative estimate of drug-likeness (QED) is 0.541. The molecule has 0 fully saturated rings. The smallest absolute Gasteiger partial charge is 0.277 e. The zero-order valence-electron chi connectivity index (χ0n) is 15.9. The molecule has 7 heteroatoms. The number of benzene rings is 2. The molecular formula is C20H24N2O5. The van der Waals surface area contributed by atoms with Crippen LogP contribution in [0.15, 0.2) is 41.5 Å². The van der Waals surface area contributed by atoms with E-state index in [9.17, 15) is 4.79 Å². The first-order valence-electron chi connectivity index (χ1n) is 8.45. The van der Waals surface area contributed by atoms with E-state index in [2.05, 4.69) is 17.5 Å². The van der Waals surface area contributed by atoms with Crippen LogP contribution in [0.1, 0.15) is 18.1 Å². The average Bonchev–Trinajstić information content (AvgIpc) is 2.71. The Hall–Kier alpha value is -3.22. The molecule has 0 saturated carbocycles. The fraction of sp³-hybridized carbons (Fsp3) is 0.300. The molecule has 7 nitrogen and oxygen atoms in total. The summed E-state index contributed by atoms with van der Waals surface area (Å²) in [7, 11) is 4.58. The lowest BCUT2D eigenvalue weighted by Crippen LogP contribution is -2.24. The molecule has 27 heavy (non-hydrogen) atoms. The van der Waals surface area contributed by atoms with Crippen molar-refractivity contribution in [1.29, 1.82) is 0 Å². The minimum Gasteiger partial charge on any atom is -0.493 e. The van der Waals surface area contributed by atoms with Gasteiger partial charge in [0, 0.05) is 5.56 Å². The number of aryl methyl sites for hydroxylation is 1. The number of nitrogens with zero attached hydrogens (tertiary/aromatic N) is 1. The SMILES string of the molecule is CCc1ccc(OCC(=O)NN=Cc2ccc(OC)c(OC)c2OC)cc1. The maximum atomic E-state index is 11.9. The van der Waals surface area contributed by atoms with Gasteiger partial charge in [0.25, 0.3) is 5.91 Å². The number of rotatable bonds is 9. The van der Waals surface area contributed by atoms with Gasteiger partial charge in [0.05, 0.1) is 27.5 Å². The Morgan fingerprint density at radius 3 is 2.30 bits per heavy atom. The van der Waals surface area contributed by atoms with E-state index >= 15 is 0 Å². The zero-order valence-corrected chi connectivity index (χ0v) is 15.9. The predicted molar refractivity (Wildman–Crippen MR) is 103 cm³/mol. The van der Waals surface area contributed by atoms with Gasteiger partial charge in [-0.05, 0) is 36.2 Å². The molecule has 0 heterocycles. The molecule has 0 aromatic heterocycles. The number of hydrazone groups is 1. The van der Waals surface area contributed by atoms with Crippen molar-refractivity contribution in [2.45, 2.75) is 13.3 Å². The van der Waals surface area contributed by atoms with Gasteiger partial charge in [-0.2, -0.15) is 5.10 Å². The second kappa shape index (κ2) is 10.1. The van der Waals surface area contributed by atoms with Crippen LogP contribution in [0.2, 0.25) is 0 Å².